The lowest BCUT2D eigenvalue weighted by molar-refractivity contribution is -0.148. The number of fused-ring (bicyclic) bond motifs is 3. The van der Waals surface area contributed by atoms with Crippen molar-refractivity contribution in [1.82, 2.24) is 0 Å². The number of ether oxygens (including phenoxy) is 1. The first-order valence-corrected chi connectivity index (χ1v) is 8.89. The van der Waals surface area contributed by atoms with Gasteiger partial charge in [0.1, 0.15) is 6.10 Å². The van der Waals surface area contributed by atoms with Crippen LogP contribution in [0.3, 0.4) is 0 Å². The zero-order valence-electron chi connectivity index (χ0n) is 14.1. The molecule has 4 atom stereocenters. The Morgan fingerprint density at radius 2 is 1.91 bits per heavy atom. The molecule has 3 aliphatic carbocycles. The topological polar surface area (TPSA) is 43.4 Å². The second-order valence-electron chi connectivity index (χ2n) is 7.76. The first kappa shape index (κ1) is 15.8. The van der Waals surface area contributed by atoms with Crippen LogP contribution in [-0.2, 0) is 14.3 Å². The van der Waals surface area contributed by atoms with Crippen molar-refractivity contribution in [3.05, 3.63) is 11.1 Å². The van der Waals surface area contributed by atoms with Gasteiger partial charge in [-0.3, -0.25) is 9.59 Å². The van der Waals surface area contributed by atoms with E-state index in [2.05, 4.69) is 13.8 Å². The number of esters is 1. The summed E-state index contributed by atoms with van der Waals surface area (Å²) in [6.45, 7) is 5.91. The highest BCUT2D eigenvalue weighted by molar-refractivity contribution is 5.97. The van der Waals surface area contributed by atoms with Gasteiger partial charge in [0.15, 0.2) is 5.78 Å². The minimum atomic E-state index is -0.147. The highest BCUT2D eigenvalue weighted by Crippen LogP contribution is 2.53. The van der Waals surface area contributed by atoms with E-state index in [9.17, 15) is 9.59 Å². The molecule has 0 spiro atoms. The fourth-order valence-electron chi connectivity index (χ4n) is 5.12. The van der Waals surface area contributed by atoms with Crippen molar-refractivity contribution in [2.24, 2.45) is 23.7 Å². The van der Waals surface area contributed by atoms with E-state index in [0.717, 1.165) is 50.5 Å². The molecule has 0 heterocycles. The van der Waals surface area contributed by atoms with E-state index in [4.69, 9.17) is 4.74 Å². The summed E-state index contributed by atoms with van der Waals surface area (Å²) in [5, 5.41) is 0. The maximum Gasteiger partial charge on any atom is 0.302 e. The van der Waals surface area contributed by atoms with Gasteiger partial charge in [-0.15, -0.1) is 0 Å². The van der Waals surface area contributed by atoms with Crippen molar-refractivity contribution in [1.29, 1.82) is 0 Å². The Morgan fingerprint density at radius 3 is 2.59 bits per heavy atom. The SMILES string of the molecule is CC(=O)O[C@H]1CCC2C3CCC(=O)C(CC(C)C)=C3CCC21. The summed E-state index contributed by atoms with van der Waals surface area (Å²) in [5.41, 5.74) is 2.62. The van der Waals surface area contributed by atoms with Gasteiger partial charge in [0.25, 0.3) is 0 Å². The minimum absolute atomic E-state index is 0.121. The zero-order valence-corrected chi connectivity index (χ0v) is 14.1. The van der Waals surface area contributed by atoms with Crippen LogP contribution in [0.4, 0.5) is 0 Å². The molecule has 0 aromatic heterocycles. The summed E-state index contributed by atoms with van der Waals surface area (Å²) in [6, 6.07) is 0. The predicted molar refractivity (Wildman–Crippen MR) is 85.2 cm³/mol. The Morgan fingerprint density at radius 1 is 1.14 bits per heavy atom. The predicted octanol–water partition coefficient (Wildman–Crippen LogP) is 4.06. The maximum absolute atomic E-state index is 12.4. The van der Waals surface area contributed by atoms with Crippen molar-refractivity contribution in [2.45, 2.75) is 71.8 Å². The fraction of sp³-hybridized carbons (Fsp3) is 0.789. The average molecular weight is 304 g/mol. The molecule has 0 saturated heterocycles. The summed E-state index contributed by atoms with van der Waals surface area (Å²) >= 11 is 0. The van der Waals surface area contributed by atoms with E-state index in [1.54, 1.807) is 0 Å². The van der Waals surface area contributed by atoms with Crippen molar-refractivity contribution in [3.63, 3.8) is 0 Å². The Balaban J connectivity index is 1.83. The van der Waals surface area contributed by atoms with Crippen LogP contribution in [0.2, 0.25) is 0 Å². The normalized spacial score (nSPS) is 34.6. The molecule has 3 rings (SSSR count). The monoisotopic (exact) mass is 304 g/mol. The second-order valence-corrected chi connectivity index (χ2v) is 7.76. The number of allylic oxidation sites excluding steroid dienone is 2. The highest BCUT2D eigenvalue weighted by Gasteiger charge is 2.47. The number of Topliss-reactive ketones (excluding diaryl/α,β-unsaturated/α-hetero) is 1. The van der Waals surface area contributed by atoms with Gasteiger partial charge in [0.2, 0.25) is 0 Å². The molecule has 0 aliphatic heterocycles. The van der Waals surface area contributed by atoms with Crippen LogP contribution in [-0.4, -0.2) is 17.9 Å². The number of rotatable bonds is 3. The van der Waals surface area contributed by atoms with Gasteiger partial charge in [0, 0.05) is 13.3 Å². The Bertz CT molecular complexity index is 503. The standard InChI is InChI=1S/C19H28O3/c1-11(2)10-17-15-4-5-16-14(13(15)6-8-18(17)21)7-9-19(16)22-12(3)20/h11,13-14,16,19H,4-10H2,1-3H3/t13?,14?,16?,19-/m0/s1. The molecule has 3 heteroatoms. The molecule has 122 valence electrons. The molecular formula is C19H28O3. The van der Waals surface area contributed by atoms with Crippen LogP contribution in [0.25, 0.3) is 0 Å². The summed E-state index contributed by atoms with van der Waals surface area (Å²) in [7, 11) is 0. The first-order valence-electron chi connectivity index (χ1n) is 8.89. The summed E-state index contributed by atoms with van der Waals surface area (Å²) in [4.78, 5) is 23.7. The number of hydrogen-bond donors (Lipinski definition) is 0. The van der Waals surface area contributed by atoms with Crippen LogP contribution in [0.15, 0.2) is 11.1 Å². The molecule has 22 heavy (non-hydrogen) atoms. The minimum Gasteiger partial charge on any atom is -0.462 e. The molecule has 0 radical (unpaired) electrons. The summed E-state index contributed by atoms with van der Waals surface area (Å²) in [5.74, 6) is 2.51. The van der Waals surface area contributed by atoms with E-state index in [-0.39, 0.29) is 12.1 Å². The lowest BCUT2D eigenvalue weighted by Crippen LogP contribution is -2.36. The lowest BCUT2D eigenvalue weighted by atomic mass is 9.64. The van der Waals surface area contributed by atoms with Crippen LogP contribution in [0, 0.1) is 23.7 Å². The molecule has 2 fully saturated rings. The van der Waals surface area contributed by atoms with Crippen molar-refractivity contribution >= 4 is 11.8 Å². The number of hydrogen-bond acceptors (Lipinski definition) is 3. The van der Waals surface area contributed by atoms with E-state index in [0.29, 0.717) is 29.5 Å². The third kappa shape index (κ3) is 2.87. The quantitative estimate of drug-likeness (QED) is 0.738. The first-order chi connectivity index (χ1) is 10.5. The molecule has 3 unspecified atom stereocenters. The smallest absolute Gasteiger partial charge is 0.302 e. The van der Waals surface area contributed by atoms with E-state index in [1.165, 1.54) is 12.5 Å². The third-order valence-electron chi connectivity index (χ3n) is 5.86. The summed E-state index contributed by atoms with van der Waals surface area (Å²) in [6.07, 6.45) is 7.08. The van der Waals surface area contributed by atoms with Crippen LogP contribution in [0.1, 0.15) is 65.7 Å². The van der Waals surface area contributed by atoms with Crippen LogP contribution < -0.4 is 0 Å². The van der Waals surface area contributed by atoms with Gasteiger partial charge in [-0.25, -0.2) is 0 Å². The van der Waals surface area contributed by atoms with E-state index < -0.39 is 0 Å². The average Bonchev–Trinajstić information content (AvgIpc) is 2.84. The van der Waals surface area contributed by atoms with Gasteiger partial charge in [0.05, 0.1) is 0 Å². The molecule has 2 saturated carbocycles. The maximum atomic E-state index is 12.4. The molecule has 0 aromatic carbocycles. The third-order valence-corrected chi connectivity index (χ3v) is 5.86. The number of ketones is 1. The van der Waals surface area contributed by atoms with Gasteiger partial charge in [-0.05, 0) is 67.8 Å². The van der Waals surface area contributed by atoms with Crippen molar-refractivity contribution in [2.75, 3.05) is 0 Å². The van der Waals surface area contributed by atoms with Crippen molar-refractivity contribution in [3.8, 4) is 0 Å². The van der Waals surface area contributed by atoms with Crippen LogP contribution in [0.5, 0.6) is 0 Å². The molecular weight excluding hydrogens is 276 g/mol. The van der Waals surface area contributed by atoms with E-state index >= 15 is 0 Å². The Labute approximate surface area is 133 Å². The molecule has 0 N–H and O–H groups in total. The summed E-state index contributed by atoms with van der Waals surface area (Å²) < 4.78 is 5.55. The molecule has 0 amide bonds. The highest BCUT2D eigenvalue weighted by atomic mass is 16.5. The number of carbonyl (C=O) groups is 2. The van der Waals surface area contributed by atoms with Crippen molar-refractivity contribution < 1.29 is 14.3 Å². The van der Waals surface area contributed by atoms with Gasteiger partial charge in [-0.1, -0.05) is 19.4 Å². The molecule has 0 bridgehead atoms. The molecule has 3 aliphatic rings. The Hall–Kier alpha value is -1.12. The lowest BCUT2D eigenvalue weighted by Gasteiger charge is -2.41. The van der Waals surface area contributed by atoms with Crippen LogP contribution >= 0.6 is 0 Å². The molecule has 3 nitrogen and oxygen atoms in total. The largest absolute Gasteiger partial charge is 0.462 e. The van der Waals surface area contributed by atoms with Gasteiger partial charge >= 0.3 is 5.97 Å². The zero-order chi connectivity index (χ0) is 15.9. The van der Waals surface area contributed by atoms with Gasteiger partial charge < -0.3 is 4.74 Å². The van der Waals surface area contributed by atoms with Gasteiger partial charge in [-0.2, -0.15) is 0 Å². The fourth-order valence-corrected chi connectivity index (χ4v) is 5.12. The number of carbonyl (C=O) groups excluding carboxylic acids is 2. The molecule has 0 aromatic rings. The Kier molecular flexibility index (Phi) is 4.42. The second kappa shape index (κ2) is 6.17. The van der Waals surface area contributed by atoms with E-state index in [1.807, 2.05) is 0 Å².